The van der Waals surface area contributed by atoms with Gasteiger partial charge in [-0.05, 0) is 25.0 Å². The highest BCUT2D eigenvalue weighted by Gasteiger charge is 2.55. The molecule has 5 nitrogen and oxygen atoms in total. The van der Waals surface area contributed by atoms with Gasteiger partial charge in [-0.2, -0.15) is 0 Å². The van der Waals surface area contributed by atoms with E-state index in [4.69, 9.17) is 10.5 Å². The first-order chi connectivity index (χ1) is 11.5. The van der Waals surface area contributed by atoms with Crippen LogP contribution in [0.4, 0.5) is 0 Å². The summed E-state index contributed by atoms with van der Waals surface area (Å²) in [5.74, 6) is -0.964. The zero-order valence-corrected chi connectivity index (χ0v) is 14.5. The molecule has 1 saturated heterocycles. The Balaban J connectivity index is 1.93. The van der Waals surface area contributed by atoms with E-state index in [0.717, 1.165) is 37.0 Å². The summed E-state index contributed by atoms with van der Waals surface area (Å²) in [5.41, 5.74) is 5.82. The Hall–Kier alpha value is -2.04. The van der Waals surface area contributed by atoms with E-state index in [1.807, 2.05) is 31.2 Å². The molecule has 0 radical (unpaired) electrons. The molecule has 1 aromatic carbocycles. The van der Waals surface area contributed by atoms with Crippen LogP contribution in [0.1, 0.15) is 57.4 Å². The monoisotopic (exact) mass is 330 g/mol. The van der Waals surface area contributed by atoms with Crippen molar-refractivity contribution in [2.45, 2.75) is 57.6 Å². The third-order valence-corrected chi connectivity index (χ3v) is 5.29. The fraction of sp³-hybridized carbons (Fsp3) is 0.579. The predicted molar refractivity (Wildman–Crippen MR) is 91.4 cm³/mol. The van der Waals surface area contributed by atoms with E-state index in [-0.39, 0.29) is 11.8 Å². The Morgan fingerprint density at radius 3 is 2.79 bits per heavy atom. The molecular weight excluding hydrogens is 304 g/mol. The van der Waals surface area contributed by atoms with Crippen molar-refractivity contribution in [3.63, 3.8) is 0 Å². The lowest BCUT2D eigenvalue weighted by Gasteiger charge is -2.52. The van der Waals surface area contributed by atoms with Crippen molar-refractivity contribution in [1.29, 1.82) is 0 Å². The number of ether oxygens (including phenoxy) is 1. The number of nitrogens with zero attached hydrogens (tertiary/aromatic N) is 1. The average Bonchev–Trinajstić information content (AvgIpc) is 2.53. The van der Waals surface area contributed by atoms with Crippen molar-refractivity contribution in [1.82, 2.24) is 4.90 Å². The SMILES string of the molecule is CCCCCCN1C(=O)[C@@H](C(N)=O)[C@H]2C[C@@]1(C)Oc1ccccc12. The Morgan fingerprint density at radius 1 is 1.33 bits per heavy atom. The Bertz CT molecular complexity index is 645. The van der Waals surface area contributed by atoms with E-state index in [9.17, 15) is 9.59 Å². The highest BCUT2D eigenvalue weighted by atomic mass is 16.5. The van der Waals surface area contributed by atoms with Gasteiger partial charge in [0.1, 0.15) is 11.7 Å². The van der Waals surface area contributed by atoms with Gasteiger partial charge in [0, 0.05) is 18.9 Å². The quantitative estimate of drug-likeness (QED) is 0.644. The highest BCUT2D eigenvalue weighted by Crippen LogP contribution is 2.49. The lowest BCUT2D eigenvalue weighted by Crippen LogP contribution is -2.64. The van der Waals surface area contributed by atoms with E-state index in [2.05, 4.69) is 6.92 Å². The van der Waals surface area contributed by atoms with Gasteiger partial charge in [-0.25, -0.2) is 0 Å². The number of carbonyl (C=O) groups is 2. The Kier molecular flexibility index (Phi) is 4.52. The lowest BCUT2D eigenvalue weighted by molar-refractivity contribution is -0.175. The van der Waals surface area contributed by atoms with Crippen LogP contribution in [-0.4, -0.2) is 29.0 Å². The summed E-state index contributed by atoms with van der Waals surface area (Å²) in [6, 6.07) is 7.66. The Morgan fingerprint density at radius 2 is 2.08 bits per heavy atom. The van der Waals surface area contributed by atoms with Crippen LogP contribution in [-0.2, 0) is 9.59 Å². The molecule has 130 valence electrons. The van der Waals surface area contributed by atoms with Gasteiger partial charge in [-0.1, -0.05) is 44.4 Å². The molecule has 0 unspecified atom stereocenters. The second-order valence-electron chi connectivity index (χ2n) is 7.06. The molecule has 2 heterocycles. The molecule has 24 heavy (non-hydrogen) atoms. The summed E-state index contributed by atoms with van der Waals surface area (Å²) in [7, 11) is 0. The first kappa shape index (κ1) is 16.8. The zero-order valence-electron chi connectivity index (χ0n) is 14.5. The van der Waals surface area contributed by atoms with Gasteiger partial charge in [0.05, 0.1) is 0 Å². The van der Waals surface area contributed by atoms with Gasteiger partial charge in [-0.3, -0.25) is 9.59 Å². The normalized spacial score (nSPS) is 28.2. The molecule has 2 aliphatic heterocycles. The molecule has 3 atom stereocenters. The fourth-order valence-corrected chi connectivity index (χ4v) is 4.08. The Labute approximate surface area is 143 Å². The van der Waals surface area contributed by atoms with Crippen molar-refractivity contribution in [2.24, 2.45) is 11.7 Å². The van der Waals surface area contributed by atoms with Crippen LogP contribution in [0.5, 0.6) is 5.75 Å². The van der Waals surface area contributed by atoms with Crippen molar-refractivity contribution in [3.8, 4) is 5.75 Å². The first-order valence-corrected chi connectivity index (χ1v) is 8.86. The number of para-hydroxylation sites is 1. The first-order valence-electron chi connectivity index (χ1n) is 8.86. The number of likely N-dealkylation sites (tertiary alicyclic amines) is 1. The predicted octanol–water partition coefficient (Wildman–Crippen LogP) is 2.79. The number of fused-ring (bicyclic) bond motifs is 4. The molecule has 0 spiro atoms. The summed E-state index contributed by atoms with van der Waals surface area (Å²) >= 11 is 0. The summed E-state index contributed by atoms with van der Waals surface area (Å²) in [4.78, 5) is 26.8. The minimum absolute atomic E-state index is 0.188. The second-order valence-corrected chi connectivity index (χ2v) is 7.06. The van der Waals surface area contributed by atoms with Gasteiger partial charge >= 0.3 is 0 Å². The molecular formula is C19H26N2O3. The summed E-state index contributed by atoms with van der Waals surface area (Å²) in [5, 5.41) is 0. The van der Waals surface area contributed by atoms with E-state index in [1.54, 1.807) is 4.90 Å². The number of hydrogen-bond donors (Lipinski definition) is 1. The largest absolute Gasteiger partial charge is 0.468 e. The minimum Gasteiger partial charge on any atom is -0.468 e. The average molecular weight is 330 g/mol. The number of unbranched alkanes of at least 4 members (excludes halogenated alkanes) is 3. The molecule has 1 aromatic rings. The number of benzene rings is 1. The molecule has 2 aliphatic rings. The van der Waals surface area contributed by atoms with Gasteiger partial charge in [0.2, 0.25) is 11.8 Å². The van der Waals surface area contributed by atoms with Gasteiger partial charge < -0.3 is 15.4 Å². The summed E-state index contributed by atoms with van der Waals surface area (Å²) in [6.45, 7) is 4.71. The van der Waals surface area contributed by atoms with Crippen LogP contribution in [0.15, 0.2) is 24.3 Å². The number of hydrogen-bond acceptors (Lipinski definition) is 3. The van der Waals surface area contributed by atoms with Crippen molar-refractivity contribution < 1.29 is 14.3 Å². The standard InChI is InChI=1S/C19H26N2O3/c1-3-4-5-8-11-21-18(23)16(17(20)22)14-12-19(21,2)24-15-10-7-6-9-13(14)15/h6-7,9-10,14,16H,3-5,8,11-12H2,1-2H3,(H2,20,22)/t14-,16+,19+/m0/s1. The van der Waals surface area contributed by atoms with Crippen LogP contribution in [0, 0.1) is 5.92 Å². The highest BCUT2D eigenvalue weighted by molar-refractivity contribution is 6.01. The minimum atomic E-state index is -0.797. The number of primary amides is 1. The third kappa shape index (κ3) is 2.76. The van der Waals surface area contributed by atoms with Gasteiger partial charge in [-0.15, -0.1) is 0 Å². The van der Waals surface area contributed by atoms with E-state index >= 15 is 0 Å². The van der Waals surface area contributed by atoms with Crippen molar-refractivity contribution in [2.75, 3.05) is 6.54 Å². The van der Waals surface area contributed by atoms with E-state index in [0.29, 0.717) is 13.0 Å². The van der Waals surface area contributed by atoms with Crippen molar-refractivity contribution in [3.05, 3.63) is 29.8 Å². The molecule has 5 heteroatoms. The maximum atomic E-state index is 13.0. The lowest BCUT2D eigenvalue weighted by atomic mass is 9.73. The van der Waals surface area contributed by atoms with Crippen LogP contribution in [0.2, 0.25) is 0 Å². The number of rotatable bonds is 6. The molecule has 0 aromatic heterocycles. The molecule has 2 amide bonds. The number of nitrogens with two attached hydrogens (primary N) is 1. The zero-order chi connectivity index (χ0) is 17.3. The number of piperidine rings is 1. The molecule has 3 rings (SSSR count). The molecule has 0 saturated carbocycles. The maximum absolute atomic E-state index is 13.0. The smallest absolute Gasteiger partial charge is 0.238 e. The maximum Gasteiger partial charge on any atom is 0.238 e. The second kappa shape index (κ2) is 6.46. The van der Waals surface area contributed by atoms with Gasteiger partial charge in [0.15, 0.2) is 5.72 Å². The molecule has 1 fully saturated rings. The molecule has 0 aliphatic carbocycles. The van der Waals surface area contributed by atoms with Crippen LogP contribution in [0.25, 0.3) is 0 Å². The molecule has 2 N–H and O–H groups in total. The van der Waals surface area contributed by atoms with Crippen LogP contribution in [0.3, 0.4) is 0 Å². The van der Waals surface area contributed by atoms with Crippen LogP contribution >= 0.6 is 0 Å². The van der Waals surface area contributed by atoms with Crippen LogP contribution < -0.4 is 10.5 Å². The van der Waals surface area contributed by atoms with E-state index < -0.39 is 17.6 Å². The summed E-state index contributed by atoms with van der Waals surface area (Å²) < 4.78 is 6.21. The van der Waals surface area contributed by atoms with Crippen molar-refractivity contribution >= 4 is 11.8 Å². The number of carbonyl (C=O) groups excluding carboxylic acids is 2. The van der Waals surface area contributed by atoms with Gasteiger partial charge in [0.25, 0.3) is 0 Å². The fourth-order valence-electron chi connectivity index (χ4n) is 4.08. The topological polar surface area (TPSA) is 72.6 Å². The molecule has 2 bridgehead atoms. The number of amides is 2. The summed E-state index contributed by atoms with van der Waals surface area (Å²) in [6.07, 6.45) is 4.87. The van der Waals surface area contributed by atoms with E-state index in [1.165, 1.54) is 0 Å². The third-order valence-electron chi connectivity index (χ3n) is 5.29.